The summed E-state index contributed by atoms with van der Waals surface area (Å²) < 4.78 is 28.6. The summed E-state index contributed by atoms with van der Waals surface area (Å²) in [6.07, 6.45) is 1.84. The van der Waals surface area contributed by atoms with Gasteiger partial charge >= 0.3 is 0 Å². The van der Waals surface area contributed by atoms with Gasteiger partial charge in [0.1, 0.15) is 0 Å². The number of hydrogen-bond donors (Lipinski definition) is 1. The van der Waals surface area contributed by atoms with Crippen molar-refractivity contribution in [3.8, 4) is 0 Å². The third kappa shape index (κ3) is 5.30. The van der Waals surface area contributed by atoms with E-state index in [0.29, 0.717) is 4.90 Å². The highest BCUT2D eigenvalue weighted by Gasteiger charge is 2.23. The molecular formula is C19H34N2O2S. The maximum atomic E-state index is 12.9. The Labute approximate surface area is 148 Å². The van der Waals surface area contributed by atoms with Crippen molar-refractivity contribution in [3.63, 3.8) is 0 Å². The van der Waals surface area contributed by atoms with Gasteiger partial charge in [-0.3, -0.25) is 0 Å². The summed E-state index contributed by atoms with van der Waals surface area (Å²) in [5, 5.41) is 0. The van der Waals surface area contributed by atoms with Gasteiger partial charge in [-0.1, -0.05) is 19.9 Å². The highest BCUT2D eigenvalue weighted by Crippen LogP contribution is 2.26. The van der Waals surface area contributed by atoms with Crippen LogP contribution in [-0.2, 0) is 10.0 Å². The van der Waals surface area contributed by atoms with E-state index >= 15 is 0 Å². The zero-order valence-corrected chi connectivity index (χ0v) is 17.2. The summed E-state index contributed by atoms with van der Waals surface area (Å²) in [4.78, 5) is 2.81. The summed E-state index contributed by atoms with van der Waals surface area (Å²) in [6.45, 7) is 17.1. The molecule has 0 fully saturated rings. The molecule has 0 bridgehead atoms. The molecule has 1 atom stereocenters. The average molecular weight is 355 g/mol. The number of benzene rings is 1. The topological polar surface area (TPSA) is 49.4 Å². The van der Waals surface area contributed by atoms with Gasteiger partial charge in [0.2, 0.25) is 10.0 Å². The second kappa shape index (κ2) is 8.97. The SMILES string of the molecule is CCN(CC)CCC[C@@H](C)NS(=O)(=O)c1c(C)c(C)cc(C)c1C. The van der Waals surface area contributed by atoms with Gasteiger partial charge in [0, 0.05) is 6.04 Å². The van der Waals surface area contributed by atoms with Gasteiger partial charge < -0.3 is 4.90 Å². The smallest absolute Gasteiger partial charge is 0.241 e. The molecule has 0 radical (unpaired) electrons. The van der Waals surface area contributed by atoms with Crippen LogP contribution in [-0.4, -0.2) is 39.0 Å². The van der Waals surface area contributed by atoms with Crippen LogP contribution in [0.4, 0.5) is 0 Å². The van der Waals surface area contributed by atoms with Crippen LogP contribution in [0.25, 0.3) is 0 Å². The number of aryl methyl sites for hydroxylation is 2. The fraction of sp³-hybridized carbons (Fsp3) is 0.684. The maximum absolute atomic E-state index is 12.9. The van der Waals surface area contributed by atoms with Gasteiger partial charge in [0.25, 0.3) is 0 Å². The van der Waals surface area contributed by atoms with E-state index in [1.165, 1.54) is 0 Å². The first-order valence-electron chi connectivity index (χ1n) is 8.96. The molecule has 24 heavy (non-hydrogen) atoms. The third-order valence-corrected chi connectivity index (χ3v) is 6.79. The van der Waals surface area contributed by atoms with Crippen LogP contribution in [0.5, 0.6) is 0 Å². The maximum Gasteiger partial charge on any atom is 0.241 e. The minimum absolute atomic E-state index is 0.0646. The minimum Gasteiger partial charge on any atom is -0.304 e. The lowest BCUT2D eigenvalue weighted by molar-refractivity contribution is 0.293. The number of nitrogens with one attached hydrogen (secondary N) is 1. The molecule has 0 saturated heterocycles. The number of nitrogens with zero attached hydrogens (tertiary/aromatic N) is 1. The van der Waals surface area contributed by atoms with Crippen molar-refractivity contribution in [3.05, 3.63) is 28.3 Å². The van der Waals surface area contributed by atoms with Crippen LogP contribution in [0.15, 0.2) is 11.0 Å². The van der Waals surface area contributed by atoms with Crippen molar-refractivity contribution in [2.75, 3.05) is 19.6 Å². The van der Waals surface area contributed by atoms with Crippen molar-refractivity contribution in [1.29, 1.82) is 0 Å². The van der Waals surface area contributed by atoms with Crippen LogP contribution in [0, 0.1) is 27.7 Å². The van der Waals surface area contributed by atoms with Crippen molar-refractivity contribution >= 4 is 10.0 Å². The lowest BCUT2D eigenvalue weighted by Crippen LogP contribution is -2.34. The molecule has 0 aromatic heterocycles. The predicted molar refractivity (Wildman–Crippen MR) is 102 cm³/mol. The van der Waals surface area contributed by atoms with Gasteiger partial charge in [-0.25, -0.2) is 13.1 Å². The fourth-order valence-electron chi connectivity index (χ4n) is 3.13. The molecule has 0 aliphatic rings. The largest absolute Gasteiger partial charge is 0.304 e. The molecule has 0 spiro atoms. The highest BCUT2D eigenvalue weighted by molar-refractivity contribution is 7.89. The summed E-state index contributed by atoms with van der Waals surface area (Å²) in [6, 6.07) is 1.99. The molecule has 0 amide bonds. The lowest BCUT2D eigenvalue weighted by Gasteiger charge is -2.21. The zero-order valence-electron chi connectivity index (χ0n) is 16.4. The molecular weight excluding hydrogens is 320 g/mol. The second-order valence-corrected chi connectivity index (χ2v) is 8.43. The van der Waals surface area contributed by atoms with Crippen LogP contribution >= 0.6 is 0 Å². The van der Waals surface area contributed by atoms with Crippen molar-refractivity contribution < 1.29 is 8.42 Å². The molecule has 0 heterocycles. The molecule has 1 N–H and O–H groups in total. The van der Waals surface area contributed by atoms with E-state index in [-0.39, 0.29) is 6.04 Å². The predicted octanol–water partition coefficient (Wildman–Crippen LogP) is 3.71. The summed E-state index contributed by atoms with van der Waals surface area (Å²) in [5.41, 5.74) is 3.74. The molecule has 0 unspecified atom stereocenters. The van der Waals surface area contributed by atoms with E-state index in [1.54, 1.807) is 0 Å². The van der Waals surface area contributed by atoms with Gasteiger partial charge in [-0.05, 0) is 89.3 Å². The summed E-state index contributed by atoms with van der Waals surface area (Å²) >= 11 is 0. The Morgan fingerprint density at radius 2 is 1.54 bits per heavy atom. The Morgan fingerprint density at radius 1 is 1.04 bits per heavy atom. The molecule has 0 aliphatic carbocycles. The van der Waals surface area contributed by atoms with Gasteiger partial charge in [0.15, 0.2) is 0 Å². The van der Waals surface area contributed by atoms with E-state index in [2.05, 4.69) is 29.5 Å². The monoisotopic (exact) mass is 354 g/mol. The van der Waals surface area contributed by atoms with E-state index in [1.807, 2.05) is 34.6 Å². The molecule has 138 valence electrons. The molecule has 1 rings (SSSR count). The van der Waals surface area contributed by atoms with E-state index < -0.39 is 10.0 Å². The Bertz CT molecular complexity index is 624. The van der Waals surface area contributed by atoms with Crippen molar-refractivity contribution in [2.45, 2.75) is 72.2 Å². The Hall–Kier alpha value is -0.910. The van der Waals surface area contributed by atoms with E-state index in [0.717, 1.165) is 54.7 Å². The van der Waals surface area contributed by atoms with Crippen LogP contribution < -0.4 is 4.72 Å². The number of sulfonamides is 1. The Balaban J connectivity index is 2.84. The first-order valence-corrected chi connectivity index (χ1v) is 10.4. The van der Waals surface area contributed by atoms with Gasteiger partial charge in [-0.15, -0.1) is 0 Å². The minimum atomic E-state index is -3.49. The molecule has 4 nitrogen and oxygen atoms in total. The van der Waals surface area contributed by atoms with Gasteiger partial charge in [-0.2, -0.15) is 0 Å². The van der Waals surface area contributed by atoms with Crippen LogP contribution in [0.2, 0.25) is 0 Å². The first-order chi connectivity index (χ1) is 11.1. The van der Waals surface area contributed by atoms with Crippen molar-refractivity contribution in [1.82, 2.24) is 9.62 Å². The first kappa shape index (κ1) is 21.1. The fourth-order valence-corrected chi connectivity index (χ4v) is 5.02. The molecule has 1 aromatic carbocycles. The lowest BCUT2D eigenvalue weighted by atomic mass is 10.0. The van der Waals surface area contributed by atoms with E-state index in [9.17, 15) is 8.42 Å². The normalized spacial score (nSPS) is 13.5. The van der Waals surface area contributed by atoms with Crippen LogP contribution in [0.3, 0.4) is 0 Å². The molecule has 0 aliphatic heterocycles. The standard InChI is InChI=1S/C19H34N2O2S/c1-8-21(9-2)12-10-11-16(5)20-24(22,23)19-17(6)14(3)13-15(4)18(19)7/h13,16,20H,8-12H2,1-7H3/t16-/m1/s1. The quantitative estimate of drug-likeness (QED) is 0.735. The average Bonchev–Trinajstić information content (AvgIpc) is 2.49. The molecule has 0 saturated carbocycles. The molecule has 1 aromatic rings. The van der Waals surface area contributed by atoms with Gasteiger partial charge in [0.05, 0.1) is 4.90 Å². The van der Waals surface area contributed by atoms with E-state index in [4.69, 9.17) is 0 Å². The Kier molecular flexibility index (Phi) is 7.90. The third-order valence-electron chi connectivity index (χ3n) is 4.93. The number of rotatable bonds is 9. The Morgan fingerprint density at radius 3 is 2.00 bits per heavy atom. The number of hydrogen-bond acceptors (Lipinski definition) is 3. The van der Waals surface area contributed by atoms with Crippen LogP contribution in [0.1, 0.15) is 55.9 Å². The second-order valence-electron chi connectivity index (χ2n) is 6.78. The summed E-state index contributed by atoms with van der Waals surface area (Å²) in [7, 11) is -3.49. The zero-order chi connectivity index (χ0) is 18.5. The highest BCUT2D eigenvalue weighted by atomic mass is 32.2. The van der Waals surface area contributed by atoms with Crippen molar-refractivity contribution in [2.24, 2.45) is 0 Å². The molecule has 5 heteroatoms. The summed E-state index contributed by atoms with van der Waals surface area (Å²) in [5.74, 6) is 0.